The number of rotatable bonds is 2. The zero-order chi connectivity index (χ0) is 11.1. The molecule has 0 radical (unpaired) electrons. The van der Waals surface area contributed by atoms with Gasteiger partial charge in [-0.05, 0) is 32.6 Å². The molecule has 3 heterocycles. The van der Waals surface area contributed by atoms with E-state index in [1.807, 2.05) is 0 Å². The van der Waals surface area contributed by atoms with Crippen LogP contribution in [0.2, 0.25) is 0 Å². The summed E-state index contributed by atoms with van der Waals surface area (Å²) in [5.74, 6) is 0. The number of aromatic nitrogens is 1. The standard InChI is InChI=1S/C12H19N3S/c1-8-7-16-12(13-8)15(2)11-5-9-3-4-10(6-11)14-9/h7,9-11,14H,3-6H2,1-2H3. The number of anilines is 1. The normalized spacial score (nSPS) is 33.0. The van der Waals surface area contributed by atoms with E-state index in [2.05, 4.69) is 34.6 Å². The molecule has 3 nitrogen and oxygen atoms in total. The Morgan fingerprint density at radius 1 is 1.38 bits per heavy atom. The Bertz CT molecular complexity index is 364. The Kier molecular flexibility index (Phi) is 2.64. The molecule has 3 rings (SSSR count). The number of fused-ring (bicyclic) bond motifs is 2. The highest BCUT2D eigenvalue weighted by Crippen LogP contribution is 2.32. The molecule has 1 N–H and O–H groups in total. The molecule has 16 heavy (non-hydrogen) atoms. The van der Waals surface area contributed by atoms with Crippen molar-refractivity contribution in [3.05, 3.63) is 11.1 Å². The smallest absolute Gasteiger partial charge is 0.185 e. The third-order valence-electron chi connectivity index (χ3n) is 3.90. The molecular formula is C12H19N3S. The van der Waals surface area contributed by atoms with Gasteiger partial charge in [0.2, 0.25) is 0 Å². The molecule has 0 amide bonds. The van der Waals surface area contributed by atoms with Crippen LogP contribution in [0.25, 0.3) is 0 Å². The summed E-state index contributed by atoms with van der Waals surface area (Å²) in [7, 11) is 2.20. The lowest BCUT2D eigenvalue weighted by molar-refractivity contribution is 0.354. The number of hydrogen-bond acceptors (Lipinski definition) is 4. The van der Waals surface area contributed by atoms with Gasteiger partial charge in [-0.1, -0.05) is 0 Å². The van der Waals surface area contributed by atoms with Crippen LogP contribution in [-0.2, 0) is 0 Å². The first-order valence-electron chi connectivity index (χ1n) is 6.13. The number of hydrogen-bond donors (Lipinski definition) is 1. The SMILES string of the molecule is Cc1csc(N(C)C2CC3CCC(C2)N3)n1. The van der Waals surface area contributed by atoms with Crippen LogP contribution in [-0.4, -0.2) is 30.2 Å². The summed E-state index contributed by atoms with van der Waals surface area (Å²) in [5, 5.41) is 7.01. The van der Waals surface area contributed by atoms with Crippen molar-refractivity contribution >= 4 is 16.5 Å². The first-order valence-corrected chi connectivity index (χ1v) is 7.01. The van der Waals surface area contributed by atoms with Crippen LogP contribution in [0.1, 0.15) is 31.4 Å². The van der Waals surface area contributed by atoms with E-state index >= 15 is 0 Å². The fraction of sp³-hybridized carbons (Fsp3) is 0.750. The van der Waals surface area contributed by atoms with Crippen molar-refractivity contribution < 1.29 is 0 Å². The first-order chi connectivity index (χ1) is 7.72. The number of nitrogens with zero attached hydrogens (tertiary/aromatic N) is 2. The van der Waals surface area contributed by atoms with Crippen molar-refractivity contribution in [2.45, 2.75) is 50.7 Å². The Balaban J connectivity index is 1.73. The van der Waals surface area contributed by atoms with Crippen molar-refractivity contribution in [1.82, 2.24) is 10.3 Å². The van der Waals surface area contributed by atoms with Crippen LogP contribution in [0.4, 0.5) is 5.13 Å². The molecule has 0 aliphatic carbocycles. The monoisotopic (exact) mass is 237 g/mol. The summed E-state index contributed by atoms with van der Waals surface area (Å²) in [6, 6.07) is 2.20. The molecule has 2 aliphatic heterocycles. The van der Waals surface area contributed by atoms with Gasteiger partial charge >= 0.3 is 0 Å². The highest BCUT2D eigenvalue weighted by Gasteiger charge is 2.35. The van der Waals surface area contributed by atoms with E-state index in [0.717, 1.165) is 17.8 Å². The topological polar surface area (TPSA) is 28.2 Å². The van der Waals surface area contributed by atoms with Crippen LogP contribution >= 0.6 is 11.3 Å². The summed E-state index contributed by atoms with van der Waals surface area (Å²) < 4.78 is 0. The Morgan fingerprint density at radius 3 is 2.62 bits per heavy atom. The van der Waals surface area contributed by atoms with Gasteiger partial charge in [0.15, 0.2) is 5.13 Å². The zero-order valence-electron chi connectivity index (χ0n) is 9.94. The molecule has 2 atom stereocenters. The van der Waals surface area contributed by atoms with Gasteiger partial charge in [0.1, 0.15) is 0 Å². The van der Waals surface area contributed by atoms with E-state index in [-0.39, 0.29) is 0 Å². The molecule has 0 saturated carbocycles. The van der Waals surface area contributed by atoms with E-state index in [0.29, 0.717) is 6.04 Å². The quantitative estimate of drug-likeness (QED) is 0.854. The molecule has 2 fully saturated rings. The maximum Gasteiger partial charge on any atom is 0.185 e. The van der Waals surface area contributed by atoms with E-state index in [4.69, 9.17) is 0 Å². The Morgan fingerprint density at radius 2 is 2.06 bits per heavy atom. The van der Waals surface area contributed by atoms with Crippen LogP contribution in [0, 0.1) is 6.92 Å². The van der Waals surface area contributed by atoms with Crippen LogP contribution in [0.3, 0.4) is 0 Å². The Labute approximate surface area is 101 Å². The van der Waals surface area contributed by atoms with Gasteiger partial charge in [-0.15, -0.1) is 11.3 Å². The molecule has 0 aromatic carbocycles. The largest absolute Gasteiger partial charge is 0.348 e. The van der Waals surface area contributed by atoms with Crippen molar-refractivity contribution in [2.75, 3.05) is 11.9 Å². The summed E-state index contributed by atoms with van der Waals surface area (Å²) in [6.07, 6.45) is 5.30. The van der Waals surface area contributed by atoms with E-state index in [9.17, 15) is 0 Å². The lowest BCUT2D eigenvalue weighted by Crippen LogP contribution is -2.47. The van der Waals surface area contributed by atoms with Crippen molar-refractivity contribution in [1.29, 1.82) is 0 Å². The highest BCUT2D eigenvalue weighted by molar-refractivity contribution is 7.13. The third kappa shape index (κ3) is 1.84. The van der Waals surface area contributed by atoms with Gasteiger partial charge in [0.25, 0.3) is 0 Å². The van der Waals surface area contributed by atoms with Gasteiger partial charge in [0.05, 0.1) is 5.69 Å². The van der Waals surface area contributed by atoms with Crippen molar-refractivity contribution in [3.63, 3.8) is 0 Å². The average Bonchev–Trinajstić information content (AvgIpc) is 2.84. The highest BCUT2D eigenvalue weighted by atomic mass is 32.1. The van der Waals surface area contributed by atoms with Gasteiger partial charge in [-0.3, -0.25) is 0 Å². The summed E-state index contributed by atoms with van der Waals surface area (Å²) >= 11 is 1.77. The van der Waals surface area contributed by atoms with Crippen LogP contribution < -0.4 is 10.2 Å². The minimum absolute atomic E-state index is 0.685. The molecule has 1 aromatic rings. The fourth-order valence-electron chi connectivity index (χ4n) is 3.00. The zero-order valence-corrected chi connectivity index (χ0v) is 10.8. The van der Waals surface area contributed by atoms with Gasteiger partial charge in [-0.2, -0.15) is 0 Å². The molecule has 2 bridgehead atoms. The number of aryl methyl sites for hydroxylation is 1. The molecule has 88 valence electrons. The fourth-order valence-corrected chi connectivity index (χ4v) is 3.84. The molecule has 2 unspecified atom stereocenters. The molecular weight excluding hydrogens is 218 g/mol. The van der Waals surface area contributed by atoms with Crippen molar-refractivity contribution in [2.24, 2.45) is 0 Å². The van der Waals surface area contributed by atoms with Crippen molar-refractivity contribution in [3.8, 4) is 0 Å². The Hall–Kier alpha value is -0.610. The van der Waals surface area contributed by atoms with E-state index < -0.39 is 0 Å². The summed E-state index contributed by atoms with van der Waals surface area (Å²) in [5.41, 5.74) is 1.14. The number of piperidine rings is 1. The number of thiazole rings is 1. The maximum atomic E-state index is 4.58. The minimum Gasteiger partial charge on any atom is -0.348 e. The second kappa shape index (κ2) is 4.00. The summed E-state index contributed by atoms with van der Waals surface area (Å²) in [6.45, 7) is 2.07. The number of nitrogens with one attached hydrogen (secondary N) is 1. The third-order valence-corrected chi connectivity index (χ3v) is 4.95. The summed E-state index contributed by atoms with van der Waals surface area (Å²) in [4.78, 5) is 6.97. The predicted octanol–water partition coefficient (Wildman–Crippen LogP) is 2.17. The average molecular weight is 237 g/mol. The molecule has 2 aliphatic rings. The van der Waals surface area contributed by atoms with E-state index in [1.54, 1.807) is 11.3 Å². The predicted molar refractivity (Wildman–Crippen MR) is 68.2 cm³/mol. The minimum atomic E-state index is 0.685. The van der Waals surface area contributed by atoms with Crippen LogP contribution in [0.15, 0.2) is 5.38 Å². The molecule has 2 saturated heterocycles. The van der Waals surface area contributed by atoms with Gasteiger partial charge in [-0.25, -0.2) is 4.98 Å². The van der Waals surface area contributed by atoms with E-state index in [1.165, 1.54) is 30.8 Å². The van der Waals surface area contributed by atoms with Gasteiger partial charge < -0.3 is 10.2 Å². The molecule has 1 aromatic heterocycles. The van der Waals surface area contributed by atoms with Crippen LogP contribution in [0.5, 0.6) is 0 Å². The lowest BCUT2D eigenvalue weighted by atomic mass is 9.99. The van der Waals surface area contributed by atoms with Gasteiger partial charge in [0, 0.05) is 30.6 Å². The second-order valence-electron chi connectivity index (χ2n) is 5.15. The molecule has 0 spiro atoms. The molecule has 4 heteroatoms. The first kappa shape index (κ1) is 10.5. The lowest BCUT2D eigenvalue weighted by Gasteiger charge is -2.35. The second-order valence-corrected chi connectivity index (χ2v) is 5.98. The maximum absolute atomic E-state index is 4.58.